The fourth-order valence-electron chi connectivity index (χ4n) is 2.12. The molecular weight excluding hydrogens is 327 g/mol. The van der Waals surface area contributed by atoms with Gasteiger partial charge in [0.05, 0.1) is 5.25 Å². The molecule has 1 heterocycles. The Kier molecular flexibility index (Phi) is 4.76. The maximum Gasteiger partial charge on any atom is 0.277 e. The van der Waals surface area contributed by atoms with Crippen LogP contribution >= 0.6 is 11.8 Å². The quantitative estimate of drug-likeness (QED) is 0.503. The van der Waals surface area contributed by atoms with Crippen molar-refractivity contribution in [3.63, 3.8) is 0 Å². The number of halogens is 1. The first-order chi connectivity index (χ1) is 11.5. The van der Waals surface area contributed by atoms with Gasteiger partial charge in [-0.05, 0) is 50.2 Å². The van der Waals surface area contributed by atoms with Gasteiger partial charge >= 0.3 is 0 Å². The van der Waals surface area contributed by atoms with Crippen LogP contribution < -0.4 is 0 Å². The molecule has 3 rings (SSSR count). The van der Waals surface area contributed by atoms with Crippen molar-refractivity contribution in [1.82, 2.24) is 10.2 Å². The predicted octanol–water partition coefficient (Wildman–Crippen LogP) is 4.55. The van der Waals surface area contributed by atoms with Crippen LogP contribution in [0.25, 0.3) is 11.5 Å². The normalized spacial score (nSPS) is 12.1. The van der Waals surface area contributed by atoms with E-state index in [1.54, 1.807) is 6.92 Å². The van der Waals surface area contributed by atoms with Crippen LogP contribution in [0.3, 0.4) is 0 Å². The lowest BCUT2D eigenvalue weighted by Crippen LogP contribution is -2.13. The molecule has 6 heteroatoms. The Labute approximate surface area is 143 Å². The molecular formula is C18H15FN2O2S. The molecule has 24 heavy (non-hydrogen) atoms. The van der Waals surface area contributed by atoms with Gasteiger partial charge in [0.25, 0.3) is 5.22 Å². The van der Waals surface area contributed by atoms with E-state index in [4.69, 9.17) is 4.42 Å². The highest BCUT2D eigenvalue weighted by molar-refractivity contribution is 8.00. The predicted molar refractivity (Wildman–Crippen MR) is 90.5 cm³/mol. The highest BCUT2D eigenvalue weighted by atomic mass is 32.2. The van der Waals surface area contributed by atoms with Gasteiger partial charge in [-0.3, -0.25) is 4.79 Å². The van der Waals surface area contributed by atoms with Gasteiger partial charge in [-0.25, -0.2) is 4.39 Å². The van der Waals surface area contributed by atoms with Crippen molar-refractivity contribution in [2.24, 2.45) is 0 Å². The number of carbonyl (C=O) groups is 1. The van der Waals surface area contributed by atoms with Crippen molar-refractivity contribution < 1.29 is 13.6 Å². The van der Waals surface area contributed by atoms with E-state index in [2.05, 4.69) is 10.2 Å². The Hall–Kier alpha value is -2.47. The van der Waals surface area contributed by atoms with Crippen LogP contribution in [0.1, 0.15) is 22.8 Å². The third-order valence-electron chi connectivity index (χ3n) is 3.48. The van der Waals surface area contributed by atoms with E-state index in [1.165, 1.54) is 36.0 Å². The number of Topliss-reactive ketones (excluding diaryl/α,β-unsaturated/α-hetero) is 1. The summed E-state index contributed by atoms with van der Waals surface area (Å²) in [5, 5.41) is 7.91. The number of ketones is 1. The van der Waals surface area contributed by atoms with Gasteiger partial charge in [0.15, 0.2) is 5.78 Å². The fourth-order valence-corrected chi connectivity index (χ4v) is 2.88. The number of benzene rings is 2. The zero-order valence-electron chi connectivity index (χ0n) is 13.2. The summed E-state index contributed by atoms with van der Waals surface area (Å²) in [4.78, 5) is 12.3. The monoisotopic (exact) mass is 342 g/mol. The largest absolute Gasteiger partial charge is 0.411 e. The van der Waals surface area contributed by atoms with Gasteiger partial charge in [0.1, 0.15) is 5.82 Å². The molecule has 1 atom stereocenters. The van der Waals surface area contributed by atoms with E-state index in [0.717, 1.165) is 11.1 Å². The van der Waals surface area contributed by atoms with Crippen LogP contribution in [0, 0.1) is 12.7 Å². The van der Waals surface area contributed by atoms with E-state index in [9.17, 15) is 9.18 Å². The van der Waals surface area contributed by atoms with Gasteiger partial charge < -0.3 is 4.42 Å². The zero-order valence-corrected chi connectivity index (χ0v) is 14.0. The first kappa shape index (κ1) is 16.4. The lowest BCUT2D eigenvalue weighted by molar-refractivity contribution is 0.0993. The Morgan fingerprint density at radius 1 is 1.08 bits per heavy atom. The van der Waals surface area contributed by atoms with Crippen molar-refractivity contribution >= 4 is 17.5 Å². The standard InChI is InChI=1S/C18H15FN2O2S/c1-11-3-5-14(6-4-11)17-20-21-18(23-17)24-12(2)16(22)13-7-9-15(19)10-8-13/h3-10,12H,1-2H3. The number of nitrogens with zero attached hydrogens (tertiary/aromatic N) is 2. The maximum atomic E-state index is 12.9. The lowest BCUT2D eigenvalue weighted by Gasteiger charge is -2.07. The molecule has 0 aliphatic rings. The zero-order chi connectivity index (χ0) is 17.1. The first-order valence-corrected chi connectivity index (χ1v) is 8.28. The second-order valence-corrected chi connectivity index (χ2v) is 6.66. The van der Waals surface area contributed by atoms with Crippen molar-refractivity contribution in [1.29, 1.82) is 0 Å². The molecule has 0 saturated heterocycles. The van der Waals surface area contributed by atoms with Gasteiger partial charge in [-0.2, -0.15) is 0 Å². The minimum absolute atomic E-state index is 0.116. The van der Waals surface area contributed by atoms with E-state index < -0.39 is 5.25 Å². The Balaban J connectivity index is 1.70. The second kappa shape index (κ2) is 6.97. The summed E-state index contributed by atoms with van der Waals surface area (Å²) in [5.74, 6) is -0.0690. The summed E-state index contributed by atoms with van der Waals surface area (Å²) in [6, 6.07) is 13.2. The number of hydrogen-bond donors (Lipinski definition) is 0. The highest BCUT2D eigenvalue weighted by Gasteiger charge is 2.20. The minimum atomic E-state index is -0.415. The molecule has 122 valence electrons. The summed E-state index contributed by atoms with van der Waals surface area (Å²) in [5.41, 5.74) is 2.43. The number of carbonyl (C=O) groups excluding carboxylic acids is 1. The number of thioether (sulfide) groups is 1. The van der Waals surface area contributed by atoms with E-state index in [0.29, 0.717) is 16.7 Å². The van der Waals surface area contributed by atoms with Crippen molar-refractivity contribution in [3.8, 4) is 11.5 Å². The van der Waals surface area contributed by atoms with Crippen LogP contribution in [-0.2, 0) is 0 Å². The Morgan fingerprint density at radius 3 is 2.42 bits per heavy atom. The third-order valence-corrected chi connectivity index (χ3v) is 4.41. The molecule has 0 N–H and O–H groups in total. The molecule has 0 aliphatic carbocycles. The van der Waals surface area contributed by atoms with Gasteiger partial charge in [-0.1, -0.05) is 29.5 Å². The van der Waals surface area contributed by atoms with Crippen molar-refractivity contribution in [2.75, 3.05) is 0 Å². The Bertz CT molecular complexity index is 844. The molecule has 0 bridgehead atoms. The Morgan fingerprint density at radius 2 is 1.75 bits per heavy atom. The average Bonchev–Trinajstić information content (AvgIpc) is 3.04. The van der Waals surface area contributed by atoms with Crippen molar-refractivity contribution in [2.45, 2.75) is 24.3 Å². The highest BCUT2D eigenvalue weighted by Crippen LogP contribution is 2.27. The number of aromatic nitrogens is 2. The van der Waals surface area contributed by atoms with E-state index in [-0.39, 0.29) is 11.6 Å². The average molecular weight is 342 g/mol. The van der Waals surface area contributed by atoms with Crippen LogP contribution in [-0.4, -0.2) is 21.2 Å². The van der Waals surface area contributed by atoms with Gasteiger partial charge in [0, 0.05) is 11.1 Å². The topological polar surface area (TPSA) is 56.0 Å². The molecule has 0 radical (unpaired) electrons. The van der Waals surface area contributed by atoms with Gasteiger partial charge in [0.2, 0.25) is 5.89 Å². The van der Waals surface area contributed by atoms with Crippen LogP contribution in [0.15, 0.2) is 58.2 Å². The molecule has 2 aromatic carbocycles. The van der Waals surface area contributed by atoms with Crippen LogP contribution in [0.5, 0.6) is 0 Å². The first-order valence-electron chi connectivity index (χ1n) is 7.40. The molecule has 0 aliphatic heterocycles. The molecule has 4 nitrogen and oxygen atoms in total. The smallest absolute Gasteiger partial charge is 0.277 e. The second-order valence-electron chi connectivity index (χ2n) is 5.37. The molecule has 0 amide bonds. The number of hydrogen-bond acceptors (Lipinski definition) is 5. The molecule has 0 spiro atoms. The molecule has 1 aromatic heterocycles. The maximum absolute atomic E-state index is 12.9. The summed E-state index contributed by atoms with van der Waals surface area (Å²) in [6.07, 6.45) is 0. The molecule has 0 fully saturated rings. The van der Waals surface area contributed by atoms with E-state index >= 15 is 0 Å². The van der Waals surface area contributed by atoms with Crippen LogP contribution in [0.2, 0.25) is 0 Å². The minimum Gasteiger partial charge on any atom is -0.411 e. The molecule has 3 aromatic rings. The number of rotatable bonds is 5. The lowest BCUT2D eigenvalue weighted by atomic mass is 10.1. The summed E-state index contributed by atoms with van der Waals surface area (Å²) >= 11 is 1.19. The molecule has 1 unspecified atom stereocenters. The molecule has 0 saturated carbocycles. The number of aryl methyl sites for hydroxylation is 1. The van der Waals surface area contributed by atoms with E-state index in [1.807, 2.05) is 31.2 Å². The summed E-state index contributed by atoms with van der Waals surface area (Å²) < 4.78 is 18.6. The summed E-state index contributed by atoms with van der Waals surface area (Å²) in [6.45, 7) is 3.76. The van der Waals surface area contributed by atoms with Crippen molar-refractivity contribution in [3.05, 3.63) is 65.5 Å². The fraction of sp³-hybridized carbons (Fsp3) is 0.167. The van der Waals surface area contributed by atoms with Gasteiger partial charge in [-0.15, -0.1) is 10.2 Å². The third kappa shape index (κ3) is 3.71. The SMILES string of the molecule is Cc1ccc(-c2nnc(SC(C)C(=O)c3ccc(F)cc3)o2)cc1. The van der Waals surface area contributed by atoms with Crippen LogP contribution in [0.4, 0.5) is 4.39 Å². The summed E-state index contributed by atoms with van der Waals surface area (Å²) in [7, 11) is 0.